The maximum absolute atomic E-state index is 5.97. The normalized spacial score (nSPS) is 12.3. The van der Waals surface area contributed by atoms with Crippen LogP contribution in [0.15, 0.2) is 6.07 Å². The SMILES string of the molecule is CC(C)c1nc(Cl)cc(OCC(C)(C)N(C)C)n1. The van der Waals surface area contributed by atoms with Gasteiger partial charge in [0.25, 0.3) is 0 Å². The summed E-state index contributed by atoms with van der Waals surface area (Å²) in [5.74, 6) is 1.47. The Bertz CT molecular complexity index is 405. The van der Waals surface area contributed by atoms with Gasteiger partial charge in [-0.2, -0.15) is 4.98 Å². The summed E-state index contributed by atoms with van der Waals surface area (Å²) in [4.78, 5) is 10.6. The number of halogens is 1. The van der Waals surface area contributed by atoms with Crippen LogP contribution >= 0.6 is 11.6 Å². The molecule has 0 radical (unpaired) electrons. The lowest BCUT2D eigenvalue weighted by Crippen LogP contribution is -2.43. The molecule has 0 N–H and O–H groups in total. The second-order valence-electron chi connectivity index (χ2n) is 5.54. The monoisotopic (exact) mass is 271 g/mol. The van der Waals surface area contributed by atoms with Crippen molar-refractivity contribution in [1.82, 2.24) is 14.9 Å². The van der Waals surface area contributed by atoms with Gasteiger partial charge in [0, 0.05) is 17.5 Å². The van der Waals surface area contributed by atoms with Crippen LogP contribution in [0.4, 0.5) is 0 Å². The molecule has 0 saturated heterocycles. The van der Waals surface area contributed by atoms with Crippen molar-refractivity contribution in [2.75, 3.05) is 20.7 Å². The lowest BCUT2D eigenvalue weighted by Gasteiger charge is -2.31. The molecule has 102 valence electrons. The third kappa shape index (κ3) is 4.10. The van der Waals surface area contributed by atoms with Gasteiger partial charge in [0.15, 0.2) is 0 Å². The largest absolute Gasteiger partial charge is 0.476 e. The van der Waals surface area contributed by atoms with Crippen molar-refractivity contribution < 1.29 is 4.74 Å². The summed E-state index contributed by atoms with van der Waals surface area (Å²) in [6, 6.07) is 1.65. The van der Waals surface area contributed by atoms with E-state index in [1.54, 1.807) is 6.07 Å². The van der Waals surface area contributed by atoms with Crippen molar-refractivity contribution in [1.29, 1.82) is 0 Å². The van der Waals surface area contributed by atoms with Gasteiger partial charge < -0.3 is 9.64 Å². The van der Waals surface area contributed by atoms with E-state index in [1.165, 1.54) is 0 Å². The highest BCUT2D eigenvalue weighted by Crippen LogP contribution is 2.20. The second kappa shape index (κ2) is 5.85. The summed E-state index contributed by atoms with van der Waals surface area (Å²) < 4.78 is 5.73. The third-order valence-corrected chi connectivity index (χ3v) is 3.18. The summed E-state index contributed by atoms with van der Waals surface area (Å²) in [5.41, 5.74) is -0.0601. The van der Waals surface area contributed by atoms with Crippen molar-refractivity contribution in [3.8, 4) is 5.88 Å². The first kappa shape index (κ1) is 15.2. The number of hydrogen-bond acceptors (Lipinski definition) is 4. The second-order valence-corrected chi connectivity index (χ2v) is 5.92. The van der Waals surface area contributed by atoms with Crippen molar-refractivity contribution in [3.63, 3.8) is 0 Å². The van der Waals surface area contributed by atoms with Crippen LogP contribution in [0.2, 0.25) is 5.15 Å². The smallest absolute Gasteiger partial charge is 0.218 e. The lowest BCUT2D eigenvalue weighted by molar-refractivity contribution is 0.111. The summed E-state index contributed by atoms with van der Waals surface area (Å²) in [6.45, 7) is 8.82. The zero-order valence-corrected chi connectivity index (χ0v) is 12.7. The number of nitrogens with zero attached hydrogens (tertiary/aromatic N) is 3. The fraction of sp³-hybridized carbons (Fsp3) is 0.692. The molecule has 0 fully saturated rings. The topological polar surface area (TPSA) is 38.2 Å². The van der Waals surface area contributed by atoms with Crippen molar-refractivity contribution in [3.05, 3.63) is 17.0 Å². The molecule has 1 rings (SSSR count). The molecule has 0 spiro atoms. The Morgan fingerprint density at radius 2 is 1.94 bits per heavy atom. The predicted molar refractivity (Wildman–Crippen MR) is 74.4 cm³/mol. The van der Waals surface area contributed by atoms with Crippen molar-refractivity contribution in [2.24, 2.45) is 0 Å². The molecular weight excluding hydrogens is 250 g/mol. The summed E-state index contributed by atoms with van der Waals surface area (Å²) in [5, 5.41) is 0.423. The first-order chi connectivity index (χ1) is 8.22. The van der Waals surface area contributed by atoms with Gasteiger partial charge in [-0.15, -0.1) is 0 Å². The van der Waals surface area contributed by atoms with E-state index in [2.05, 4.69) is 28.7 Å². The quantitative estimate of drug-likeness (QED) is 0.772. The molecule has 1 heterocycles. The Morgan fingerprint density at radius 1 is 1.33 bits per heavy atom. The number of likely N-dealkylation sites (N-methyl/N-ethyl adjacent to an activating group) is 1. The molecule has 0 saturated carbocycles. The molecule has 4 nitrogen and oxygen atoms in total. The molecule has 0 aliphatic heterocycles. The van der Waals surface area contributed by atoms with E-state index in [4.69, 9.17) is 16.3 Å². The molecular formula is C13H22ClN3O. The number of rotatable bonds is 5. The van der Waals surface area contributed by atoms with Crippen LogP contribution in [0.3, 0.4) is 0 Å². The Hall–Kier alpha value is -0.870. The highest BCUT2D eigenvalue weighted by molar-refractivity contribution is 6.29. The van der Waals surface area contributed by atoms with Gasteiger partial charge in [-0.25, -0.2) is 4.98 Å². The fourth-order valence-electron chi connectivity index (χ4n) is 1.13. The standard InChI is InChI=1S/C13H22ClN3O/c1-9(2)12-15-10(14)7-11(16-12)18-8-13(3,4)17(5)6/h7,9H,8H2,1-6H3. The maximum Gasteiger partial charge on any atom is 0.218 e. The lowest BCUT2D eigenvalue weighted by atomic mass is 10.1. The van der Waals surface area contributed by atoms with Crippen LogP contribution in [-0.4, -0.2) is 41.1 Å². The van der Waals surface area contributed by atoms with Crippen LogP contribution in [0.25, 0.3) is 0 Å². The summed E-state index contributed by atoms with van der Waals surface area (Å²) in [7, 11) is 4.05. The van der Waals surface area contributed by atoms with E-state index in [1.807, 2.05) is 27.9 Å². The van der Waals surface area contributed by atoms with Crippen LogP contribution in [-0.2, 0) is 0 Å². The fourth-order valence-corrected chi connectivity index (χ4v) is 1.31. The Balaban J connectivity index is 2.79. The summed E-state index contributed by atoms with van der Waals surface area (Å²) in [6.07, 6.45) is 0. The van der Waals surface area contributed by atoms with Gasteiger partial charge in [0.05, 0.1) is 0 Å². The van der Waals surface area contributed by atoms with E-state index in [0.717, 1.165) is 0 Å². The van der Waals surface area contributed by atoms with Gasteiger partial charge in [-0.1, -0.05) is 25.4 Å². The zero-order valence-electron chi connectivity index (χ0n) is 12.0. The van der Waals surface area contributed by atoms with Crippen LogP contribution in [0, 0.1) is 0 Å². The third-order valence-electron chi connectivity index (χ3n) is 2.99. The van der Waals surface area contributed by atoms with Gasteiger partial charge in [0.2, 0.25) is 5.88 Å². The van der Waals surface area contributed by atoms with Crippen molar-refractivity contribution >= 4 is 11.6 Å². The molecule has 0 unspecified atom stereocenters. The van der Waals surface area contributed by atoms with Gasteiger partial charge in [0.1, 0.15) is 17.6 Å². The average Bonchev–Trinajstić information content (AvgIpc) is 2.25. The van der Waals surface area contributed by atoms with E-state index < -0.39 is 0 Å². The van der Waals surface area contributed by atoms with Crippen LogP contribution < -0.4 is 4.74 Å². The minimum atomic E-state index is -0.0601. The average molecular weight is 272 g/mol. The predicted octanol–water partition coefficient (Wildman–Crippen LogP) is 2.97. The highest BCUT2D eigenvalue weighted by Gasteiger charge is 2.22. The van der Waals surface area contributed by atoms with E-state index >= 15 is 0 Å². The van der Waals surface area contributed by atoms with Gasteiger partial charge >= 0.3 is 0 Å². The summed E-state index contributed by atoms with van der Waals surface area (Å²) >= 11 is 5.97. The minimum Gasteiger partial charge on any atom is -0.476 e. The molecule has 0 atom stereocenters. The maximum atomic E-state index is 5.97. The molecule has 18 heavy (non-hydrogen) atoms. The Labute approximate surface area is 114 Å². The molecule has 0 bridgehead atoms. The number of aromatic nitrogens is 2. The first-order valence-corrected chi connectivity index (χ1v) is 6.45. The highest BCUT2D eigenvalue weighted by atomic mass is 35.5. The van der Waals surface area contributed by atoms with Crippen LogP contribution in [0.1, 0.15) is 39.4 Å². The molecule has 0 aromatic carbocycles. The molecule has 5 heteroatoms. The molecule has 0 aliphatic carbocycles. The van der Waals surface area contributed by atoms with Crippen molar-refractivity contribution in [2.45, 2.75) is 39.2 Å². The zero-order chi connectivity index (χ0) is 13.9. The van der Waals surface area contributed by atoms with E-state index in [-0.39, 0.29) is 11.5 Å². The van der Waals surface area contributed by atoms with Gasteiger partial charge in [-0.3, -0.25) is 0 Å². The Kier molecular flexibility index (Phi) is 4.93. The molecule has 1 aromatic heterocycles. The number of ether oxygens (including phenoxy) is 1. The molecule has 1 aromatic rings. The first-order valence-electron chi connectivity index (χ1n) is 6.07. The van der Waals surface area contributed by atoms with E-state index in [0.29, 0.717) is 23.5 Å². The van der Waals surface area contributed by atoms with E-state index in [9.17, 15) is 0 Å². The number of hydrogen-bond donors (Lipinski definition) is 0. The van der Waals surface area contributed by atoms with Crippen LogP contribution in [0.5, 0.6) is 5.88 Å². The molecule has 0 amide bonds. The molecule has 0 aliphatic rings. The Morgan fingerprint density at radius 3 is 2.44 bits per heavy atom. The minimum absolute atomic E-state index is 0.0601. The van der Waals surface area contributed by atoms with Gasteiger partial charge in [-0.05, 0) is 27.9 Å².